The summed E-state index contributed by atoms with van der Waals surface area (Å²) in [5, 5.41) is 3.84. The summed E-state index contributed by atoms with van der Waals surface area (Å²) in [6.45, 7) is 2.14. The first-order chi connectivity index (χ1) is 8.18. The van der Waals surface area contributed by atoms with E-state index < -0.39 is 0 Å². The molecule has 0 aliphatic rings. The molecule has 0 amide bonds. The van der Waals surface area contributed by atoms with Crippen molar-refractivity contribution in [1.82, 2.24) is 0 Å². The van der Waals surface area contributed by atoms with Crippen LogP contribution in [0, 0.1) is 6.92 Å². The lowest BCUT2D eigenvalue weighted by Gasteiger charge is -2.06. The van der Waals surface area contributed by atoms with Crippen molar-refractivity contribution in [2.75, 3.05) is 5.73 Å². The molecule has 84 valence electrons. The largest absolute Gasteiger partial charge is 0.399 e. The van der Waals surface area contributed by atoms with Gasteiger partial charge in [0.1, 0.15) is 7.05 Å². The van der Waals surface area contributed by atoms with Gasteiger partial charge in [0.15, 0.2) is 5.69 Å². The molecular weight excluding hydrogens is 208 g/mol. The van der Waals surface area contributed by atoms with Crippen LogP contribution in [-0.4, -0.2) is 0 Å². The van der Waals surface area contributed by atoms with Gasteiger partial charge in [-0.25, -0.2) is 0 Å². The predicted molar refractivity (Wildman–Crippen MR) is 71.8 cm³/mol. The van der Waals surface area contributed by atoms with Crippen LogP contribution in [0.15, 0.2) is 42.5 Å². The fraction of sp³-hybridized carbons (Fsp3) is 0.133. The molecule has 0 bridgehead atoms. The highest BCUT2D eigenvalue weighted by Crippen LogP contribution is 2.25. The van der Waals surface area contributed by atoms with Crippen LogP contribution in [0.1, 0.15) is 5.69 Å². The third kappa shape index (κ3) is 1.37. The van der Waals surface area contributed by atoms with Crippen LogP contribution < -0.4 is 10.3 Å². The summed E-state index contributed by atoms with van der Waals surface area (Å²) in [5.41, 5.74) is 9.13. The van der Waals surface area contributed by atoms with Gasteiger partial charge in [-0.05, 0) is 18.2 Å². The van der Waals surface area contributed by atoms with E-state index in [9.17, 15) is 0 Å². The summed E-state index contributed by atoms with van der Waals surface area (Å²) in [6, 6.07) is 14.6. The normalized spacial score (nSPS) is 11.2. The Kier molecular flexibility index (Phi) is 2.05. The molecule has 0 atom stereocenters. The van der Waals surface area contributed by atoms with Gasteiger partial charge in [0.2, 0.25) is 5.52 Å². The van der Waals surface area contributed by atoms with Gasteiger partial charge in [-0.15, -0.1) is 0 Å². The molecule has 1 aromatic heterocycles. The van der Waals surface area contributed by atoms with Crippen LogP contribution in [0.25, 0.3) is 21.7 Å². The number of anilines is 1. The van der Waals surface area contributed by atoms with Gasteiger partial charge in [0.25, 0.3) is 0 Å². The summed E-state index contributed by atoms with van der Waals surface area (Å²) < 4.78 is 2.20. The Bertz CT molecular complexity index is 730. The van der Waals surface area contributed by atoms with Crippen molar-refractivity contribution in [1.29, 1.82) is 0 Å². The standard InChI is InChI=1S/C15H14N2/c1-10-12-5-3-4-6-13(12)14-8-7-11(16)9-15(14)17(10)2/h3-9,16H,1-2H3/p+1. The van der Waals surface area contributed by atoms with Crippen molar-refractivity contribution in [3.8, 4) is 0 Å². The molecule has 2 nitrogen and oxygen atoms in total. The lowest BCUT2D eigenvalue weighted by atomic mass is 10.0. The highest BCUT2D eigenvalue weighted by atomic mass is 14.9. The molecule has 1 heterocycles. The zero-order valence-electron chi connectivity index (χ0n) is 10.1. The Morgan fingerprint density at radius 2 is 1.65 bits per heavy atom. The molecule has 2 heteroatoms. The van der Waals surface area contributed by atoms with Gasteiger partial charge in [0, 0.05) is 29.4 Å². The summed E-state index contributed by atoms with van der Waals surface area (Å²) in [4.78, 5) is 0. The molecule has 0 radical (unpaired) electrons. The van der Waals surface area contributed by atoms with Crippen LogP contribution >= 0.6 is 0 Å². The second-order valence-electron chi connectivity index (χ2n) is 4.47. The minimum Gasteiger partial charge on any atom is -0.399 e. The molecule has 0 fully saturated rings. The van der Waals surface area contributed by atoms with Crippen LogP contribution in [0.5, 0.6) is 0 Å². The molecule has 0 saturated carbocycles. The maximum absolute atomic E-state index is 5.87. The summed E-state index contributed by atoms with van der Waals surface area (Å²) in [7, 11) is 2.09. The molecule has 0 spiro atoms. The number of aryl methyl sites for hydroxylation is 2. The van der Waals surface area contributed by atoms with Gasteiger partial charge >= 0.3 is 0 Å². The Morgan fingerprint density at radius 1 is 0.941 bits per heavy atom. The minimum absolute atomic E-state index is 0.808. The average molecular weight is 223 g/mol. The summed E-state index contributed by atoms with van der Waals surface area (Å²) >= 11 is 0. The summed E-state index contributed by atoms with van der Waals surface area (Å²) in [5.74, 6) is 0. The molecule has 2 aromatic carbocycles. The Balaban J connectivity index is 2.65. The van der Waals surface area contributed by atoms with E-state index in [-0.39, 0.29) is 0 Å². The van der Waals surface area contributed by atoms with Crippen LogP contribution in [0.4, 0.5) is 5.69 Å². The Labute approximate surface area is 100 Å². The number of fused-ring (bicyclic) bond motifs is 3. The van der Waals surface area contributed by atoms with Gasteiger partial charge in [-0.2, -0.15) is 4.57 Å². The number of nitrogen functional groups attached to an aromatic ring is 1. The van der Waals surface area contributed by atoms with Crippen molar-refractivity contribution < 1.29 is 4.57 Å². The van der Waals surface area contributed by atoms with E-state index >= 15 is 0 Å². The second kappa shape index (κ2) is 3.45. The van der Waals surface area contributed by atoms with Crippen molar-refractivity contribution in [3.63, 3.8) is 0 Å². The molecule has 3 aromatic rings. The van der Waals surface area contributed by atoms with Crippen molar-refractivity contribution in [2.45, 2.75) is 6.92 Å². The molecule has 0 unspecified atom stereocenters. The van der Waals surface area contributed by atoms with Crippen molar-refractivity contribution in [2.24, 2.45) is 7.05 Å². The van der Waals surface area contributed by atoms with Gasteiger partial charge in [-0.1, -0.05) is 18.2 Å². The van der Waals surface area contributed by atoms with Crippen molar-refractivity contribution in [3.05, 3.63) is 48.2 Å². The van der Waals surface area contributed by atoms with E-state index in [1.807, 2.05) is 12.1 Å². The number of hydrogen-bond acceptors (Lipinski definition) is 1. The Morgan fingerprint density at radius 3 is 2.41 bits per heavy atom. The first kappa shape index (κ1) is 10.1. The maximum atomic E-state index is 5.87. The van der Waals surface area contributed by atoms with Gasteiger partial charge in [0.05, 0.1) is 5.39 Å². The number of aromatic nitrogens is 1. The Hall–Kier alpha value is -2.09. The summed E-state index contributed by atoms with van der Waals surface area (Å²) in [6.07, 6.45) is 0. The number of nitrogens with zero attached hydrogens (tertiary/aromatic N) is 1. The highest BCUT2D eigenvalue weighted by molar-refractivity contribution is 6.05. The second-order valence-corrected chi connectivity index (χ2v) is 4.47. The third-order valence-electron chi connectivity index (χ3n) is 3.49. The topological polar surface area (TPSA) is 29.9 Å². The van der Waals surface area contributed by atoms with E-state index in [2.05, 4.69) is 48.9 Å². The highest BCUT2D eigenvalue weighted by Gasteiger charge is 2.14. The molecule has 3 rings (SSSR count). The first-order valence-electron chi connectivity index (χ1n) is 5.75. The zero-order chi connectivity index (χ0) is 12.0. The van der Waals surface area contributed by atoms with E-state index in [1.54, 1.807) is 0 Å². The first-order valence-corrected chi connectivity index (χ1v) is 5.75. The molecule has 0 saturated heterocycles. The SMILES string of the molecule is Cc1c2ccccc2c2ccc(N)cc2[n+]1C. The number of hydrogen-bond donors (Lipinski definition) is 1. The van der Waals surface area contributed by atoms with E-state index in [1.165, 1.54) is 27.4 Å². The molecule has 17 heavy (non-hydrogen) atoms. The van der Waals surface area contributed by atoms with Crippen LogP contribution in [0.3, 0.4) is 0 Å². The van der Waals surface area contributed by atoms with E-state index in [0.717, 1.165) is 5.69 Å². The third-order valence-corrected chi connectivity index (χ3v) is 3.49. The molecule has 0 aliphatic carbocycles. The molecular formula is C15H15N2+. The number of benzene rings is 2. The number of pyridine rings is 1. The van der Waals surface area contributed by atoms with Gasteiger partial charge in [-0.3, -0.25) is 0 Å². The zero-order valence-corrected chi connectivity index (χ0v) is 10.1. The maximum Gasteiger partial charge on any atom is 0.215 e. The lowest BCUT2D eigenvalue weighted by Crippen LogP contribution is -2.33. The van der Waals surface area contributed by atoms with E-state index in [4.69, 9.17) is 5.73 Å². The minimum atomic E-state index is 0.808. The monoisotopic (exact) mass is 223 g/mol. The van der Waals surface area contributed by atoms with Crippen LogP contribution in [-0.2, 0) is 7.05 Å². The van der Waals surface area contributed by atoms with Gasteiger partial charge < -0.3 is 5.73 Å². The fourth-order valence-electron chi connectivity index (χ4n) is 2.45. The quantitative estimate of drug-likeness (QED) is 0.354. The van der Waals surface area contributed by atoms with Crippen LogP contribution in [0.2, 0.25) is 0 Å². The average Bonchev–Trinajstić information content (AvgIpc) is 2.36. The fourth-order valence-corrected chi connectivity index (χ4v) is 2.45. The van der Waals surface area contributed by atoms with E-state index in [0.29, 0.717) is 0 Å². The number of rotatable bonds is 0. The molecule has 0 aliphatic heterocycles. The number of nitrogens with two attached hydrogens (primary N) is 1. The smallest absolute Gasteiger partial charge is 0.215 e. The predicted octanol–water partition coefficient (Wildman–Crippen LogP) is 2.71. The van der Waals surface area contributed by atoms with Crippen molar-refractivity contribution >= 4 is 27.4 Å². The molecule has 2 N–H and O–H groups in total. The lowest BCUT2D eigenvalue weighted by molar-refractivity contribution is -0.649.